The van der Waals surface area contributed by atoms with E-state index in [2.05, 4.69) is 12.2 Å². The van der Waals surface area contributed by atoms with Crippen LogP contribution in [0.15, 0.2) is 0 Å². The third kappa shape index (κ3) is 2.00. The Kier molecular flexibility index (Phi) is 2.93. The molecule has 13 heavy (non-hydrogen) atoms. The predicted molar refractivity (Wildman–Crippen MR) is 52.3 cm³/mol. The molecule has 1 aliphatic heterocycles. The quantitative estimate of drug-likeness (QED) is 0.612. The minimum atomic E-state index is -0.401. The molecule has 0 bridgehead atoms. The van der Waals surface area contributed by atoms with Gasteiger partial charge in [0, 0.05) is 13.6 Å². The van der Waals surface area contributed by atoms with Gasteiger partial charge >= 0.3 is 0 Å². The summed E-state index contributed by atoms with van der Waals surface area (Å²) >= 11 is 0. The van der Waals surface area contributed by atoms with Crippen molar-refractivity contribution in [2.75, 3.05) is 20.1 Å². The van der Waals surface area contributed by atoms with Crippen LogP contribution in [0, 0.1) is 0 Å². The lowest BCUT2D eigenvalue weighted by Gasteiger charge is -2.35. The number of carbonyl (C=O) groups is 1. The summed E-state index contributed by atoms with van der Waals surface area (Å²) in [5.74, 6) is 0.0196. The van der Waals surface area contributed by atoms with Gasteiger partial charge in [-0.05, 0) is 26.8 Å². The maximum atomic E-state index is 11.6. The summed E-state index contributed by atoms with van der Waals surface area (Å²) in [5.41, 5.74) is 5.50. The van der Waals surface area contributed by atoms with E-state index in [1.165, 1.54) is 0 Å². The van der Waals surface area contributed by atoms with Gasteiger partial charge in [0.1, 0.15) is 0 Å². The van der Waals surface area contributed by atoms with E-state index in [9.17, 15) is 4.79 Å². The molecule has 0 aromatic heterocycles. The Labute approximate surface area is 79.5 Å². The summed E-state index contributed by atoms with van der Waals surface area (Å²) in [6.45, 7) is 5.66. The van der Waals surface area contributed by atoms with Crippen molar-refractivity contribution in [3.8, 4) is 0 Å². The van der Waals surface area contributed by atoms with Crippen LogP contribution in [0.3, 0.4) is 0 Å². The Balaban J connectivity index is 2.65. The topological polar surface area (TPSA) is 58.4 Å². The number of rotatable bonds is 2. The van der Waals surface area contributed by atoms with Gasteiger partial charge in [-0.1, -0.05) is 0 Å². The highest BCUT2D eigenvalue weighted by atomic mass is 16.2. The van der Waals surface area contributed by atoms with E-state index in [0.717, 1.165) is 19.5 Å². The summed E-state index contributed by atoms with van der Waals surface area (Å²) in [6, 6.07) is -0.401. The fourth-order valence-electron chi connectivity index (χ4n) is 1.66. The van der Waals surface area contributed by atoms with Crippen molar-refractivity contribution < 1.29 is 4.79 Å². The molecule has 1 rings (SSSR count). The lowest BCUT2D eigenvalue weighted by atomic mass is 9.99. The van der Waals surface area contributed by atoms with Crippen molar-refractivity contribution in [1.82, 2.24) is 10.2 Å². The second kappa shape index (κ2) is 3.64. The summed E-state index contributed by atoms with van der Waals surface area (Å²) < 4.78 is 0. The molecule has 1 fully saturated rings. The molecule has 1 amide bonds. The lowest BCUT2D eigenvalue weighted by Crippen LogP contribution is -2.53. The van der Waals surface area contributed by atoms with E-state index in [1.807, 2.05) is 7.05 Å². The smallest absolute Gasteiger partial charge is 0.239 e. The fourth-order valence-corrected chi connectivity index (χ4v) is 1.66. The van der Waals surface area contributed by atoms with Crippen LogP contribution in [0.25, 0.3) is 0 Å². The lowest BCUT2D eigenvalue weighted by molar-refractivity contribution is -0.135. The summed E-state index contributed by atoms with van der Waals surface area (Å²) in [7, 11) is 1.83. The van der Waals surface area contributed by atoms with Crippen LogP contribution >= 0.6 is 0 Å². The molecular weight excluding hydrogens is 166 g/mol. The number of hydrogen-bond donors (Lipinski definition) is 2. The number of likely N-dealkylation sites (N-methyl/N-ethyl adjacent to an activating group) is 1. The predicted octanol–water partition coefficient (Wildman–Crippen LogP) is -0.456. The van der Waals surface area contributed by atoms with Crippen LogP contribution in [0.2, 0.25) is 0 Å². The van der Waals surface area contributed by atoms with E-state index in [-0.39, 0.29) is 11.4 Å². The van der Waals surface area contributed by atoms with E-state index >= 15 is 0 Å². The second-order valence-corrected chi connectivity index (χ2v) is 4.11. The molecule has 0 aromatic carbocycles. The normalized spacial score (nSPS) is 30.2. The number of carbonyl (C=O) groups excluding carboxylic acids is 1. The number of nitrogens with two attached hydrogens (primary N) is 1. The third-order valence-corrected chi connectivity index (χ3v) is 2.88. The van der Waals surface area contributed by atoms with Crippen molar-refractivity contribution in [2.24, 2.45) is 5.73 Å². The highest BCUT2D eigenvalue weighted by molar-refractivity contribution is 5.81. The first kappa shape index (κ1) is 10.5. The van der Waals surface area contributed by atoms with E-state index in [1.54, 1.807) is 11.8 Å². The zero-order chi connectivity index (χ0) is 10.1. The zero-order valence-corrected chi connectivity index (χ0v) is 8.63. The summed E-state index contributed by atoms with van der Waals surface area (Å²) in [6.07, 6.45) is 1.00. The van der Waals surface area contributed by atoms with Crippen LogP contribution in [-0.4, -0.2) is 42.5 Å². The van der Waals surface area contributed by atoms with E-state index in [4.69, 9.17) is 5.73 Å². The maximum absolute atomic E-state index is 11.6. The van der Waals surface area contributed by atoms with Crippen LogP contribution in [0.5, 0.6) is 0 Å². The molecule has 4 nitrogen and oxygen atoms in total. The fraction of sp³-hybridized carbons (Fsp3) is 0.889. The van der Waals surface area contributed by atoms with Crippen molar-refractivity contribution >= 4 is 5.91 Å². The van der Waals surface area contributed by atoms with E-state index in [0.29, 0.717) is 0 Å². The van der Waals surface area contributed by atoms with Gasteiger partial charge < -0.3 is 16.0 Å². The van der Waals surface area contributed by atoms with Crippen LogP contribution in [-0.2, 0) is 4.79 Å². The van der Waals surface area contributed by atoms with Crippen molar-refractivity contribution in [3.05, 3.63) is 0 Å². The molecular formula is C9H19N3O. The first-order valence-electron chi connectivity index (χ1n) is 4.71. The summed E-state index contributed by atoms with van der Waals surface area (Å²) in [4.78, 5) is 13.4. The first-order chi connectivity index (χ1) is 5.97. The molecule has 1 aliphatic rings. The highest BCUT2D eigenvalue weighted by Gasteiger charge is 2.36. The molecule has 0 aromatic rings. The van der Waals surface area contributed by atoms with Crippen LogP contribution in [0.1, 0.15) is 20.3 Å². The molecule has 3 N–H and O–H groups in total. The largest absolute Gasteiger partial charge is 0.338 e. The number of nitrogens with one attached hydrogen (secondary N) is 1. The SMILES string of the molecule is C[C@@H](N)C(=O)N(C)C1(C)CCNC1. The Morgan fingerprint density at radius 1 is 1.69 bits per heavy atom. The molecule has 76 valence electrons. The Hall–Kier alpha value is -0.610. The maximum Gasteiger partial charge on any atom is 0.239 e. The van der Waals surface area contributed by atoms with E-state index < -0.39 is 6.04 Å². The molecule has 0 aliphatic carbocycles. The second-order valence-electron chi connectivity index (χ2n) is 4.11. The molecule has 2 atom stereocenters. The average Bonchev–Trinajstić information content (AvgIpc) is 2.50. The standard InChI is InChI=1S/C9H19N3O/c1-7(10)8(13)12(3)9(2)4-5-11-6-9/h7,11H,4-6,10H2,1-3H3/t7-,9?/m1/s1. The average molecular weight is 185 g/mol. The highest BCUT2D eigenvalue weighted by Crippen LogP contribution is 2.21. The Bertz CT molecular complexity index is 197. The van der Waals surface area contributed by atoms with Gasteiger partial charge in [0.05, 0.1) is 11.6 Å². The van der Waals surface area contributed by atoms with Crippen molar-refractivity contribution in [2.45, 2.75) is 31.8 Å². The van der Waals surface area contributed by atoms with Crippen molar-refractivity contribution in [3.63, 3.8) is 0 Å². The number of nitrogens with zero attached hydrogens (tertiary/aromatic N) is 1. The minimum Gasteiger partial charge on any atom is -0.338 e. The molecule has 1 saturated heterocycles. The van der Waals surface area contributed by atoms with Crippen molar-refractivity contribution in [1.29, 1.82) is 0 Å². The van der Waals surface area contributed by atoms with Gasteiger partial charge in [0.25, 0.3) is 0 Å². The number of amides is 1. The molecule has 0 spiro atoms. The molecule has 1 unspecified atom stereocenters. The minimum absolute atomic E-state index is 0.0196. The van der Waals surface area contributed by atoms with Crippen LogP contribution in [0.4, 0.5) is 0 Å². The van der Waals surface area contributed by atoms with Gasteiger partial charge in [0.15, 0.2) is 0 Å². The molecule has 1 heterocycles. The zero-order valence-electron chi connectivity index (χ0n) is 8.63. The van der Waals surface area contributed by atoms with Gasteiger partial charge in [-0.2, -0.15) is 0 Å². The first-order valence-corrected chi connectivity index (χ1v) is 4.71. The third-order valence-electron chi connectivity index (χ3n) is 2.88. The molecule has 4 heteroatoms. The summed E-state index contributed by atoms with van der Waals surface area (Å²) in [5, 5.41) is 3.25. The number of hydrogen-bond acceptors (Lipinski definition) is 3. The van der Waals surface area contributed by atoms with Gasteiger partial charge in [-0.25, -0.2) is 0 Å². The molecule has 0 radical (unpaired) electrons. The monoisotopic (exact) mass is 185 g/mol. The Morgan fingerprint density at radius 3 is 2.69 bits per heavy atom. The van der Waals surface area contributed by atoms with Crippen LogP contribution < -0.4 is 11.1 Å². The van der Waals surface area contributed by atoms with Gasteiger partial charge in [-0.15, -0.1) is 0 Å². The Morgan fingerprint density at radius 2 is 2.31 bits per heavy atom. The molecule has 0 saturated carbocycles. The van der Waals surface area contributed by atoms with Gasteiger partial charge in [0.2, 0.25) is 5.91 Å². The van der Waals surface area contributed by atoms with Gasteiger partial charge in [-0.3, -0.25) is 4.79 Å².